The van der Waals surface area contributed by atoms with Crippen LogP contribution in [-0.4, -0.2) is 5.78 Å². The van der Waals surface area contributed by atoms with Gasteiger partial charge in [-0.3, -0.25) is 4.79 Å². The van der Waals surface area contributed by atoms with Crippen molar-refractivity contribution in [2.75, 3.05) is 0 Å². The maximum atomic E-state index is 11.4. The smallest absolute Gasteiger partial charge is 0.159 e. The summed E-state index contributed by atoms with van der Waals surface area (Å²) in [6, 6.07) is 0. The number of carbonyl (C=O) groups is 1. The molecule has 1 heteroatoms. The molecule has 0 aliphatic rings. The predicted octanol–water partition coefficient (Wildman–Crippen LogP) is 4.21. The van der Waals surface area contributed by atoms with Gasteiger partial charge in [-0.25, -0.2) is 0 Å². The number of ketones is 1. The van der Waals surface area contributed by atoms with Crippen molar-refractivity contribution in [1.82, 2.24) is 0 Å². The Kier molecular flexibility index (Phi) is 6.68. The molecular formula is C14H22O. The van der Waals surface area contributed by atoms with E-state index in [-0.39, 0.29) is 5.78 Å². The van der Waals surface area contributed by atoms with Crippen LogP contribution in [-0.2, 0) is 4.79 Å². The molecule has 0 aromatic heterocycles. The van der Waals surface area contributed by atoms with E-state index < -0.39 is 0 Å². The van der Waals surface area contributed by atoms with Crippen molar-refractivity contribution in [2.24, 2.45) is 0 Å². The lowest BCUT2D eigenvalue weighted by atomic mass is 10.1. The van der Waals surface area contributed by atoms with Gasteiger partial charge in [-0.05, 0) is 47.1 Å². The van der Waals surface area contributed by atoms with E-state index in [9.17, 15) is 4.79 Å². The highest BCUT2D eigenvalue weighted by atomic mass is 16.1. The van der Waals surface area contributed by atoms with Gasteiger partial charge in [-0.2, -0.15) is 0 Å². The van der Waals surface area contributed by atoms with Crippen LogP contribution < -0.4 is 0 Å². The van der Waals surface area contributed by atoms with Crippen molar-refractivity contribution in [3.05, 3.63) is 34.9 Å². The Morgan fingerprint density at radius 3 is 2.00 bits per heavy atom. The fraction of sp³-hybridized carbons (Fsp3) is 0.500. The summed E-state index contributed by atoms with van der Waals surface area (Å²) in [6.45, 7) is 10.1. The van der Waals surface area contributed by atoms with Crippen LogP contribution in [0.25, 0.3) is 0 Å². The molecule has 0 aliphatic heterocycles. The van der Waals surface area contributed by atoms with Crippen LogP contribution in [0.3, 0.4) is 0 Å². The minimum atomic E-state index is 0.195. The topological polar surface area (TPSA) is 17.1 Å². The monoisotopic (exact) mass is 206 g/mol. The molecule has 15 heavy (non-hydrogen) atoms. The lowest BCUT2D eigenvalue weighted by Gasteiger charge is -1.97. The molecule has 0 heterocycles. The molecule has 0 aromatic rings. The first-order valence-electron chi connectivity index (χ1n) is 5.38. The van der Waals surface area contributed by atoms with E-state index in [0.29, 0.717) is 6.42 Å². The van der Waals surface area contributed by atoms with E-state index in [0.717, 1.165) is 17.6 Å². The van der Waals surface area contributed by atoms with Gasteiger partial charge in [-0.15, -0.1) is 0 Å². The lowest BCUT2D eigenvalue weighted by molar-refractivity contribution is -0.114. The number of hydrogen-bond donors (Lipinski definition) is 0. The second-order valence-electron chi connectivity index (χ2n) is 4.43. The summed E-state index contributed by atoms with van der Waals surface area (Å²) in [5.41, 5.74) is 3.53. The molecule has 0 bridgehead atoms. The highest BCUT2D eigenvalue weighted by Crippen LogP contribution is 2.06. The van der Waals surface area contributed by atoms with Crippen molar-refractivity contribution < 1.29 is 4.79 Å². The third kappa shape index (κ3) is 9.20. The molecule has 0 N–H and O–H groups in total. The zero-order valence-electron chi connectivity index (χ0n) is 10.6. The second kappa shape index (κ2) is 7.22. The van der Waals surface area contributed by atoms with E-state index >= 15 is 0 Å². The van der Waals surface area contributed by atoms with Crippen LogP contribution in [0.5, 0.6) is 0 Å². The van der Waals surface area contributed by atoms with Gasteiger partial charge in [0.05, 0.1) is 0 Å². The Morgan fingerprint density at radius 2 is 1.53 bits per heavy atom. The lowest BCUT2D eigenvalue weighted by Crippen LogP contribution is -1.94. The molecule has 0 saturated heterocycles. The van der Waals surface area contributed by atoms with Crippen LogP contribution in [0, 0.1) is 0 Å². The van der Waals surface area contributed by atoms with Crippen molar-refractivity contribution in [2.45, 2.75) is 47.5 Å². The molecule has 84 valence electrons. The van der Waals surface area contributed by atoms with Gasteiger partial charge >= 0.3 is 0 Å². The van der Waals surface area contributed by atoms with E-state index in [1.54, 1.807) is 6.08 Å². The molecule has 0 amide bonds. The Morgan fingerprint density at radius 1 is 0.933 bits per heavy atom. The zero-order chi connectivity index (χ0) is 11.8. The molecule has 0 aliphatic carbocycles. The third-order valence-corrected chi connectivity index (χ3v) is 1.90. The maximum absolute atomic E-state index is 11.4. The standard InChI is InChI=1S/C14H22O/c1-11(2)7-6-8-13(5)10-14(15)9-12(3)4/h7-9H,6,10H2,1-5H3. The molecule has 0 saturated carbocycles. The highest BCUT2D eigenvalue weighted by molar-refractivity contribution is 5.91. The first-order chi connectivity index (χ1) is 6.91. The van der Waals surface area contributed by atoms with Gasteiger partial charge in [0, 0.05) is 6.42 Å². The number of allylic oxidation sites excluding steroid dienone is 6. The molecule has 0 atom stereocenters. The largest absolute Gasteiger partial charge is 0.295 e. The Balaban J connectivity index is 4.13. The minimum Gasteiger partial charge on any atom is -0.295 e. The van der Waals surface area contributed by atoms with Crippen LogP contribution >= 0.6 is 0 Å². The van der Waals surface area contributed by atoms with E-state index in [1.165, 1.54) is 5.57 Å². The zero-order valence-corrected chi connectivity index (χ0v) is 10.6. The third-order valence-electron chi connectivity index (χ3n) is 1.90. The number of rotatable bonds is 5. The first-order valence-corrected chi connectivity index (χ1v) is 5.38. The fourth-order valence-electron chi connectivity index (χ4n) is 1.22. The maximum Gasteiger partial charge on any atom is 0.159 e. The summed E-state index contributed by atoms with van der Waals surface area (Å²) in [7, 11) is 0. The van der Waals surface area contributed by atoms with Crippen molar-refractivity contribution >= 4 is 5.78 Å². The fourth-order valence-corrected chi connectivity index (χ4v) is 1.22. The van der Waals surface area contributed by atoms with Crippen molar-refractivity contribution in [3.63, 3.8) is 0 Å². The molecule has 0 spiro atoms. The summed E-state index contributed by atoms with van der Waals surface area (Å²) >= 11 is 0. The minimum absolute atomic E-state index is 0.195. The first kappa shape index (κ1) is 13.9. The Bertz CT molecular complexity index is 295. The average Bonchev–Trinajstić information content (AvgIpc) is 2.00. The molecule has 0 unspecified atom stereocenters. The van der Waals surface area contributed by atoms with Gasteiger partial charge in [0.25, 0.3) is 0 Å². The molecule has 0 fully saturated rings. The number of carbonyl (C=O) groups excluding carboxylic acids is 1. The van der Waals surface area contributed by atoms with Gasteiger partial charge in [0.15, 0.2) is 5.78 Å². The SMILES string of the molecule is CC(C)=CCC=C(C)CC(=O)C=C(C)C. The summed E-state index contributed by atoms with van der Waals surface area (Å²) in [5, 5.41) is 0. The summed E-state index contributed by atoms with van der Waals surface area (Å²) in [5.74, 6) is 0.195. The van der Waals surface area contributed by atoms with Gasteiger partial charge in [0.1, 0.15) is 0 Å². The van der Waals surface area contributed by atoms with Gasteiger partial charge in [-0.1, -0.05) is 28.9 Å². The van der Waals surface area contributed by atoms with E-state index in [1.807, 2.05) is 20.8 Å². The summed E-state index contributed by atoms with van der Waals surface area (Å²) in [4.78, 5) is 11.4. The number of hydrogen-bond acceptors (Lipinski definition) is 1. The molecule has 0 radical (unpaired) electrons. The second-order valence-corrected chi connectivity index (χ2v) is 4.43. The molecule has 0 aromatic carbocycles. The van der Waals surface area contributed by atoms with Crippen LogP contribution in [0.1, 0.15) is 47.5 Å². The van der Waals surface area contributed by atoms with Gasteiger partial charge in [0.2, 0.25) is 0 Å². The Hall–Kier alpha value is -1.11. The van der Waals surface area contributed by atoms with E-state index in [2.05, 4.69) is 26.0 Å². The van der Waals surface area contributed by atoms with Crippen LogP contribution in [0.4, 0.5) is 0 Å². The summed E-state index contributed by atoms with van der Waals surface area (Å²) < 4.78 is 0. The van der Waals surface area contributed by atoms with E-state index in [4.69, 9.17) is 0 Å². The highest BCUT2D eigenvalue weighted by Gasteiger charge is 1.98. The average molecular weight is 206 g/mol. The Labute approximate surface area is 93.6 Å². The van der Waals surface area contributed by atoms with Crippen LogP contribution in [0.15, 0.2) is 34.9 Å². The quantitative estimate of drug-likeness (QED) is 0.486. The molecular weight excluding hydrogens is 184 g/mol. The molecule has 1 nitrogen and oxygen atoms in total. The predicted molar refractivity (Wildman–Crippen MR) is 66.9 cm³/mol. The molecule has 0 rings (SSSR count). The van der Waals surface area contributed by atoms with Crippen molar-refractivity contribution in [1.29, 1.82) is 0 Å². The van der Waals surface area contributed by atoms with Crippen LogP contribution in [0.2, 0.25) is 0 Å². The van der Waals surface area contributed by atoms with Gasteiger partial charge < -0.3 is 0 Å². The van der Waals surface area contributed by atoms with Crippen molar-refractivity contribution in [3.8, 4) is 0 Å². The summed E-state index contributed by atoms with van der Waals surface area (Å²) in [6.07, 6.45) is 7.45. The normalized spacial score (nSPS) is 10.9.